The molecule has 1 aromatic rings. The summed E-state index contributed by atoms with van der Waals surface area (Å²) in [6, 6.07) is 2.93. The second-order valence-electron chi connectivity index (χ2n) is 3.94. The first-order valence-corrected chi connectivity index (χ1v) is 5.27. The molecule has 0 aromatic carbocycles. The van der Waals surface area contributed by atoms with Gasteiger partial charge in [-0.2, -0.15) is 0 Å². The summed E-state index contributed by atoms with van der Waals surface area (Å²) in [5.74, 6) is -0.935. The summed E-state index contributed by atoms with van der Waals surface area (Å²) in [5, 5.41) is 2.77. The molecule has 92 valence electrons. The van der Waals surface area contributed by atoms with E-state index in [4.69, 9.17) is 11.6 Å². The Balaban J connectivity index is 2.83. The fraction of sp³-hybridized carbons (Fsp3) is 0.364. The number of nitrogens with one attached hydrogen (secondary N) is 1. The molecule has 0 bridgehead atoms. The SMILES string of the molecule is COC(=O)C(C)(C)NC(=O)c1ccnc(Cl)c1. The second kappa shape index (κ2) is 5.14. The summed E-state index contributed by atoms with van der Waals surface area (Å²) < 4.78 is 4.58. The van der Waals surface area contributed by atoms with Crippen LogP contribution in [0, 0.1) is 0 Å². The van der Waals surface area contributed by atoms with Gasteiger partial charge in [0.15, 0.2) is 0 Å². The minimum absolute atomic E-state index is 0.216. The van der Waals surface area contributed by atoms with Gasteiger partial charge in [0.1, 0.15) is 10.7 Å². The Kier molecular flexibility index (Phi) is 4.07. The van der Waals surface area contributed by atoms with Gasteiger partial charge in [0.2, 0.25) is 0 Å². The topological polar surface area (TPSA) is 68.3 Å². The van der Waals surface area contributed by atoms with Crippen molar-refractivity contribution in [2.45, 2.75) is 19.4 Å². The molecule has 0 aliphatic heterocycles. The van der Waals surface area contributed by atoms with Crippen molar-refractivity contribution < 1.29 is 14.3 Å². The molecule has 0 aliphatic rings. The van der Waals surface area contributed by atoms with Crippen molar-refractivity contribution in [2.24, 2.45) is 0 Å². The maximum Gasteiger partial charge on any atom is 0.330 e. The van der Waals surface area contributed by atoms with E-state index in [0.29, 0.717) is 5.56 Å². The molecule has 0 radical (unpaired) electrons. The molecule has 0 atom stereocenters. The minimum atomic E-state index is -1.10. The van der Waals surface area contributed by atoms with Crippen LogP contribution in [0.15, 0.2) is 18.3 Å². The third kappa shape index (κ3) is 3.42. The number of hydrogen-bond donors (Lipinski definition) is 1. The number of methoxy groups -OCH3 is 1. The predicted octanol–water partition coefficient (Wildman–Crippen LogP) is 1.42. The molecule has 1 rings (SSSR count). The van der Waals surface area contributed by atoms with Gasteiger partial charge < -0.3 is 10.1 Å². The van der Waals surface area contributed by atoms with Crippen LogP contribution >= 0.6 is 11.6 Å². The van der Waals surface area contributed by atoms with Crippen LogP contribution in [0.5, 0.6) is 0 Å². The van der Waals surface area contributed by atoms with Gasteiger partial charge in [-0.05, 0) is 26.0 Å². The van der Waals surface area contributed by atoms with Gasteiger partial charge in [-0.3, -0.25) is 4.79 Å². The monoisotopic (exact) mass is 256 g/mol. The largest absolute Gasteiger partial charge is 0.467 e. The second-order valence-corrected chi connectivity index (χ2v) is 4.33. The van der Waals surface area contributed by atoms with Crippen molar-refractivity contribution in [3.8, 4) is 0 Å². The molecule has 5 nitrogen and oxygen atoms in total. The lowest BCUT2D eigenvalue weighted by molar-refractivity contribution is -0.146. The minimum Gasteiger partial charge on any atom is -0.467 e. The third-order valence-electron chi connectivity index (χ3n) is 2.11. The maximum absolute atomic E-state index is 11.8. The molecule has 1 N–H and O–H groups in total. The Morgan fingerprint density at radius 3 is 2.65 bits per heavy atom. The van der Waals surface area contributed by atoms with E-state index in [0.717, 1.165) is 0 Å². The van der Waals surface area contributed by atoms with Crippen molar-refractivity contribution in [3.05, 3.63) is 29.0 Å². The van der Waals surface area contributed by atoms with Crippen LogP contribution in [0.1, 0.15) is 24.2 Å². The van der Waals surface area contributed by atoms with Crippen LogP contribution in [0.2, 0.25) is 5.15 Å². The summed E-state index contributed by atoms with van der Waals surface area (Å²) in [7, 11) is 1.26. The van der Waals surface area contributed by atoms with Crippen LogP contribution in [-0.2, 0) is 9.53 Å². The number of hydrogen-bond acceptors (Lipinski definition) is 4. The van der Waals surface area contributed by atoms with E-state index in [1.807, 2.05) is 0 Å². The lowest BCUT2D eigenvalue weighted by atomic mass is 10.1. The fourth-order valence-corrected chi connectivity index (χ4v) is 1.38. The van der Waals surface area contributed by atoms with Crippen LogP contribution in [0.3, 0.4) is 0 Å². The molecular formula is C11H13ClN2O3. The first kappa shape index (κ1) is 13.4. The zero-order valence-corrected chi connectivity index (χ0v) is 10.5. The van der Waals surface area contributed by atoms with Gasteiger partial charge in [0.05, 0.1) is 7.11 Å². The molecule has 17 heavy (non-hydrogen) atoms. The molecule has 0 fully saturated rings. The van der Waals surface area contributed by atoms with Crippen molar-refractivity contribution in [3.63, 3.8) is 0 Å². The summed E-state index contributed by atoms with van der Waals surface area (Å²) in [6.07, 6.45) is 1.42. The Labute approximate surface area is 104 Å². The molecule has 0 aliphatic carbocycles. The zero-order chi connectivity index (χ0) is 13.1. The zero-order valence-electron chi connectivity index (χ0n) is 9.78. The number of nitrogens with zero attached hydrogens (tertiary/aromatic N) is 1. The van der Waals surface area contributed by atoms with E-state index < -0.39 is 17.4 Å². The smallest absolute Gasteiger partial charge is 0.330 e. The number of aromatic nitrogens is 1. The van der Waals surface area contributed by atoms with E-state index >= 15 is 0 Å². The fourth-order valence-electron chi connectivity index (χ4n) is 1.21. The maximum atomic E-state index is 11.8. The number of esters is 1. The molecule has 1 aromatic heterocycles. The van der Waals surface area contributed by atoms with Crippen LogP contribution in [0.4, 0.5) is 0 Å². The Bertz CT molecular complexity index is 446. The highest BCUT2D eigenvalue weighted by Crippen LogP contribution is 2.10. The van der Waals surface area contributed by atoms with E-state index in [-0.39, 0.29) is 5.15 Å². The van der Waals surface area contributed by atoms with Gasteiger partial charge in [-0.25, -0.2) is 9.78 Å². The number of amides is 1. The lowest BCUT2D eigenvalue weighted by Crippen LogP contribution is -2.50. The molecule has 0 unspecified atom stereocenters. The van der Waals surface area contributed by atoms with Crippen molar-refractivity contribution in [1.82, 2.24) is 10.3 Å². The standard InChI is InChI=1S/C11H13ClN2O3/c1-11(2,10(16)17-3)14-9(15)7-4-5-13-8(12)6-7/h4-6H,1-3H3,(H,14,15). The Hall–Kier alpha value is -1.62. The van der Waals surface area contributed by atoms with Gasteiger partial charge >= 0.3 is 5.97 Å². The Morgan fingerprint density at radius 2 is 2.12 bits per heavy atom. The summed E-state index contributed by atoms with van der Waals surface area (Å²) in [4.78, 5) is 27.0. The van der Waals surface area contributed by atoms with Crippen LogP contribution < -0.4 is 5.32 Å². The van der Waals surface area contributed by atoms with E-state index in [1.165, 1.54) is 25.4 Å². The number of halogens is 1. The van der Waals surface area contributed by atoms with Gasteiger partial charge in [0, 0.05) is 11.8 Å². The average Bonchev–Trinajstić information content (AvgIpc) is 2.27. The highest BCUT2D eigenvalue weighted by atomic mass is 35.5. The average molecular weight is 257 g/mol. The number of rotatable bonds is 3. The quantitative estimate of drug-likeness (QED) is 0.656. The van der Waals surface area contributed by atoms with E-state index in [1.54, 1.807) is 13.8 Å². The lowest BCUT2D eigenvalue weighted by Gasteiger charge is -2.22. The van der Waals surface area contributed by atoms with E-state index in [2.05, 4.69) is 15.0 Å². The van der Waals surface area contributed by atoms with Crippen molar-refractivity contribution in [2.75, 3.05) is 7.11 Å². The molecule has 0 spiro atoms. The number of carbonyl (C=O) groups excluding carboxylic acids is 2. The molecule has 6 heteroatoms. The molecule has 1 heterocycles. The van der Waals surface area contributed by atoms with Gasteiger partial charge in [0.25, 0.3) is 5.91 Å². The third-order valence-corrected chi connectivity index (χ3v) is 2.32. The van der Waals surface area contributed by atoms with Gasteiger partial charge in [-0.1, -0.05) is 11.6 Å². The van der Waals surface area contributed by atoms with E-state index in [9.17, 15) is 9.59 Å². The summed E-state index contributed by atoms with van der Waals surface area (Å²) in [6.45, 7) is 3.11. The molecular weight excluding hydrogens is 244 g/mol. The van der Waals surface area contributed by atoms with Crippen molar-refractivity contribution in [1.29, 1.82) is 0 Å². The molecule has 1 amide bonds. The Morgan fingerprint density at radius 1 is 1.47 bits per heavy atom. The van der Waals surface area contributed by atoms with Crippen LogP contribution in [0.25, 0.3) is 0 Å². The van der Waals surface area contributed by atoms with Gasteiger partial charge in [-0.15, -0.1) is 0 Å². The molecule has 0 saturated carbocycles. The first-order chi connectivity index (χ1) is 7.86. The molecule has 0 saturated heterocycles. The van der Waals surface area contributed by atoms with Crippen molar-refractivity contribution >= 4 is 23.5 Å². The number of pyridine rings is 1. The summed E-state index contributed by atoms with van der Waals surface area (Å²) in [5.41, 5.74) is -0.760. The number of carbonyl (C=O) groups is 2. The van der Waals surface area contributed by atoms with Crippen LogP contribution in [-0.4, -0.2) is 29.5 Å². The predicted molar refractivity (Wildman–Crippen MR) is 62.8 cm³/mol. The first-order valence-electron chi connectivity index (χ1n) is 4.89. The summed E-state index contributed by atoms with van der Waals surface area (Å²) >= 11 is 5.67. The highest BCUT2D eigenvalue weighted by Gasteiger charge is 2.30. The highest BCUT2D eigenvalue weighted by molar-refractivity contribution is 6.29. The normalized spacial score (nSPS) is 10.8. The number of ether oxygens (including phenoxy) is 1.